The van der Waals surface area contributed by atoms with Crippen LogP contribution >= 0.6 is 22.9 Å². The lowest BCUT2D eigenvalue weighted by atomic mass is 10.00. The zero-order chi connectivity index (χ0) is 21.3. The molecule has 156 valence electrons. The Hall–Kier alpha value is -2.13. The van der Waals surface area contributed by atoms with Gasteiger partial charge in [0.1, 0.15) is 16.6 Å². The number of likely N-dealkylation sites (tertiary alicyclic amines) is 1. The Labute approximate surface area is 182 Å². The summed E-state index contributed by atoms with van der Waals surface area (Å²) in [5.74, 6) is -2.04. The topological polar surface area (TPSA) is 50.3 Å². The van der Waals surface area contributed by atoms with E-state index in [2.05, 4.69) is 9.88 Å². The predicted molar refractivity (Wildman–Crippen MR) is 114 cm³/mol. The molecular weight excluding hydrogens is 450 g/mol. The van der Waals surface area contributed by atoms with Gasteiger partial charge < -0.3 is 0 Å². The maximum absolute atomic E-state index is 13.3. The maximum Gasteiger partial charge on any atom is 0.175 e. The smallest absolute Gasteiger partial charge is 0.175 e. The van der Waals surface area contributed by atoms with E-state index in [9.17, 15) is 17.2 Å². The zero-order valence-corrected chi connectivity index (χ0v) is 18.0. The van der Waals surface area contributed by atoms with Gasteiger partial charge in [-0.15, -0.1) is 11.3 Å². The molecular formula is C21H17ClF2N2O2S2. The molecule has 1 atom stereocenters. The summed E-state index contributed by atoms with van der Waals surface area (Å²) in [4.78, 5) is 6.54. The largest absolute Gasteiger partial charge is 0.282 e. The minimum Gasteiger partial charge on any atom is -0.282 e. The van der Waals surface area contributed by atoms with Crippen molar-refractivity contribution < 1.29 is 17.2 Å². The van der Waals surface area contributed by atoms with Crippen LogP contribution in [0.2, 0.25) is 5.02 Å². The molecule has 0 bridgehead atoms. The van der Waals surface area contributed by atoms with E-state index in [-0.39, 0.29) is 11.6 Å². The van der Waals surface area contributed by atoms with Crippen LogP contribution in [0, 0.1) is 11.6 Å². The average molecular weight is 467 g/mol. The van der Waals surface area contributed by atoms with Crippen molar-refractivity contribution in [1.82, 2.24) is 9.88 Å². The first kappa shape index (κ1) is 21.1. The van der Waals surface area contributed by atoms with Crippen LogP contribution in [0.4, 0.5) is 8.78 Å². The molecule has 0 aliphatic carbocycles. The highest BCUT2D eigenvalue weighted by atomic mass is 35.5. The second-order valence-corrected chi connectivity index (χ2v) is 10.3. The van der Waals surface area contributed by atoms with Crippen molar-refractivity contribution in [2.24, 2.45) is 0 Å². The highest BCUT2D eigenvalue weighted by molar-refractivity contribution is 7.93. The Morgan fingerprint density at radius 1 is 1.13 bits per heavy atom. The van der Waals surface area contributed by atoms with Crippen molar-refractivity contribution in [3.63, 3.8) is 0 Å². The molecule has 1 fully saturated rings. The third-order valence-electron chi connectivity index (χ3n) is 4.69. The first-order valence-corrected chi connectivity index (χ1v) is 12.0. The molecule has 4 nitrogen and oxygen atoms in total. The van der Waals surface area contributed by atoms with E-state index >= 15 is 0 Å². The van der Waals surface area contributed by atoms with Gasteiger partial charge in [-0.05, 0) is 41.0 Å². The van der Waals surface area contributed by atoms with Crippen LogP contribution < -0.4 is 0 Å². The van der Waals surface area contributed by atoms with Crippen LogP contribution in [-0.4, -0.2) is 31.4 Å². The minimum atomic E-state index is -3.65. The molecule has 3 aromatic rings. The maximum atomic E-state index is 13.3. The fraction of sp³-hybridized carbons (Fsp3) is 0.190. The van der Waals surface area contributed by atoms with Crippen LogP contribution in [0.5, 0.6) is 0 Å². The molecule has 4 rings (SSSR count). The van der Waals surface area contributed by atoms with E-state index in [1.165, 1.54) is 16.7 Å². The van der Waals surface area contributed by atoms with Crippen LogP contribution in [0.25, 0.3) is 0 Å². The molecule has 0 radical (unpaired) electrons. The molecule has 1 aliphatic rings. The fourth-order valence-electron chi connectivity index (χ4n) is 3.48. The molecule has 0 saturated carbocycles. The standard InChI is InChI=1S/C21H17ClF2N2O2S2/c22-17-3-1-16(2-4-17)20(21-25-5-6-29-21)26-10-15(11-26)13-30(27,28)12-14-7-18(23)9-19(24)8-14/h1-9,13,20H,10-12H2/t20-/m0/s1. The lowest BCUT2D eigenvalue weighted by Gasteiger charge is -2.39. The number of rotatable bonds is 6. The number of benzene rings is 2. The summed E-state index contributed by atoms with van der Waals surface area (Å²) in [6.45, 7) is 0.924. The van der Waals surface area contributed by atoms with Crippen molar-refractivity contribution in [1.29, 1.82) is 0 Å². The van der Waals surface area contributed by atoms with Crippen molar-refractivity contribution in [3.8, 4) is 0 Å². The van der Waals surface area contributed by atoms with Crippen molar-refractivity contribution in [2.45, 2.75) is 11.8 Å². The number of halogens is 3. The molecule has 0 spiro atoms. The summed E-state index contributed by atoms with van der Waals surface area (Å²) >= 11 is 7.53. The van der Waals surface area contributed by atoms with Gasteiger partial charge in [-0.25, -0.2) is 22.2 Å². The van der Waals surface area contributed by atoms with Gasteiger partial charge in [0, 0.05) is 41.2 Å². The molecule has 9 heteroatoms. The van der Waals surface area contributed by atoms with Crippen molar-refractivity contribution >= 4 is 32.8 Å². The van der Waals surface area contributed by atoms with E-state index in [0.29, 0.717) is 24.2 Å². The monoisotopic (exact) mass is 466 g/mol. The van der Waals surface area contributed by atoms with Gasteiger partial charge in [-0.1, -0.05) is 23.7 Å². The molecule has 2 heterocycles. The minimum absolute atomic E-state index is 0.0855. The molecule has 0 unspecified atom stereocenters. The van der Waals surface area contributed by atoms with Gasteiger partial charge in [-0.2, -0.15) is 0 Å². The summed E-state index contributed by atoms with van der Waals surface area (Å²) < 4.78 is 51.6. The van der Waals surface area contributed by atoms with Gasteiger partial charge in [0.2, 0.25) is 0 Å². The molecule has 1 saturated heterocycles. The molecule has 1 aliphatic heterocycles. The molecule has 1 aromatic heterocycles. The average Bonchev–Trinajstić information content (AvgIpc) is 3.14. The van der Waals surface area contributed by atoms with E-state index in [4.69, 9.17) is 11.6 Å². The van der Waals surface area contributed by atoms with Crippen LogP contribution in [-0.2, 0) is 15.6 Å². The number of aromatic nitrogens is 1. The first-order chi connectivity index (χ1) is 14.3. The van der Waals surface area contributed by atoms with Gasteiger partial charge >= 0.3 is 0 Å². The number of thiazole rings is 1. The Morgan fingerprint density at radius 2 is 1.80 bits per heavy atom. The van der Waals surface area contributed by atoms with Crippen LogP contribution in [0.15, 0.2) is 65.0 Å². The highest BCUT2D eigenvalue weighted by Crippen LogP contribution is 2.35. The normalized spacial score (nSPS) is 15.6. The number of sulfone groups is 1. The Balaban J connectivity index is 1.50. The van der Waals surface area contributed by atoms with E-state index in [1.54, 1.807) is 6.20 Å². The number of hydrogen-bond acceptors (Lipinski definition) is 5. The number of nitrogens with zero attached hydrogens (tertiary/aromatic N) is 2. The van der Waals surface area contributed by atoms with Crippen LogP contribution in [0.1, 0.15) is 22.2 Å². The van der Waals surface area contributed by atoms with E-state index in [0.717, 1.165) is 28.3 Å². The van der Waals surface area contributed by atoms with Gasteiger partial charge in [0.05, 0.1) is 11.8 Å². The summed E-state index contributed by atoms with van der Waals surface area (Å²) in [6, 6.07) is 10.2. The first-order valence-electron chi connectivity index (χ1n) is 9.05. The van der Waals surface area contributed by atoms with Gasteiger partial charge in [0.15, 0.2) is 9.84 Å². The van der Waals surface area contributed by atoms with Gasteiger partial charge in [0.25, 0.3) is 0 Å². The summed E-state index contributed by atoms with van der Waals surface area (Å²) in [5.41, 5.74) is 1.84. The predicted octanol–water partition coefficient (Wildman–Crippen LogP) is 4.98. The highest BCUT2D eigenvalue weighted by Gasteiger charge is 2.32. The second kappa shape index (κ2) is 8.55. The third kappa shape index (κ3) is 4.95. The van der Waals surface area contributed by atoms with E-state index < -0.39 is 27.2 Å². The quantitative estimate of drug-likeness (QED) is 0.514. The third-order valence-corrected chi connectivity index (χ3v) is 7.19. The molecule has 2 aromatic carbocycles. The second-order valence-electron chi connectivity index (χ2n) is 7.09. The van der Waals surface area contributed by atoms with Crippen molar-refractivity contribution in [3.05, 3.63) is 97.8 Å². The molecule has 0 amide bonds. The summed E-state index contributed by atoms with van der Waals surface area (Å²) in [7, 11) is -3.65. The SMILES string of the molecule is O=S(=O)(C=C1CN([C@@H](c2ccc(Cl)cc2)c2nccs2)C1)Cc1cc(F)cc(F)c1. The van der Waals surface area contributed by atoms with Gasteiger partial charge in [-0.3, -0.25) is 4.90 Å². The fourth-order valence-corrected chi connectivity index (χ4v) is 5.77. The number of hydrogen-bond donors (Lipinski definition) is 0. The van der Waals surface area contributed by atoms with E-state index in [1.807, 2.05) is 29.6 Å². The lowest BCUT2D eigenvalue weighted by molar-refractivity contribution is 0.202. The van der Waals surface area contributed by atoms with Crippen molar-refractivity contribution in [2.75, 3.05) is 13.1 Å². The zero-order valence-electron chi connectivity index (χ0n) is 15.6. The van der Waals surface area contributed by atoms with Crippen LogP contribution in [0.3, 0.4) is 0 Å². The summed E-state index contributed by atoms with van der Waals surface area (Å²) in [6.07, 6.45) is 1.74. The Bertz CT molecular complexity index is 1150. The molecule has 30 heavy (non-hydrogen) atoms. The molecule has 0 N–H and O–H groups in total. The Kier molecular flexibility index (Phi) is 6.02. The summed E-state index contributed by atoms with van der Waals surface area (Å²) in [5, 5.41) is 4.67. The lowest BCUT2D eigenvalue weighted by Crippen LogP contribution is -2.43. The Morgan fingerprint density at radius 3 is 2.40 bits per heavy atom.